The fourth-order valence-electron chi connectivity index (χ4n) is 3.81. The molecule has 0 fully saturated rings. The van der Waals surface area contributed by atoms with Crippen LogP contribution in [-0.2, 0) is 10.0 Å². The second-order valence-electron chi connectivity index (χ2n) is 7.80. The van der Waals surface area contributed by atoms with Crippen LogP contribution in [0.3, 0.4) is 0 Å². The average Bonchev–Trinajstić information content (AvgIpc) is 2.73. The Bertz CT molecular complexity index is 1270. The van der Waals surface area contributed by atoms with Crippen LogP contribution in [0.5, 0.6) is 5.75 Å². The Morgan fingerprint density at radius 2 is 1.68 bits per heavy atom. The van der Waals surface area contributed by atoms with E-state index in [9.17, 15) is 13.2 Å². The van der Waals surface area contributed by atoms with Crippen molar-refractivity contribution in [2.75, 3.05) is 16.7 Å². The van der Waals surface area contributed by atoms with Crippen molar-refractivity contribution in [2.24, 2.45) is 0 Å². The lowest BCUT2D eigenvalue weighted by molar-refractivity contribution is 0.102. The molecular formula is C24H24N2O4S. The number of hydrogen-bond donors (Lipinski definition) is 1. The normalized spacial score (nSPS) is 14.0. The van der Waals surface area contributed by atoms with Gasteiger partial charge >= 0.3 is 0 Å². The van der Waals surface area contributed by atoms with E-state index >= 15 is 0 Å². The summed E-state index contributed by atoms with van der Waals surface area (Å²) in [6, 6.07) is 17.5. The number of nitrogens with zero attached hydrogens (tertiary/aromatic N) is 1. The molecule has 3 aromatic rings. The van der Waals surface area contributed by atoms with Crippen LogP contribution in [0.25, 0.3) is 11.1 Å². The largest absolute Gasteiger partial charge is 0.491 e. The lowest BCUT2D eigenvalue weighted by Crippen LogP contribution is -2.31. The number of nitrogens with one attached hydrogen (secondary N) is 1. The van der Waals surface area contributed by atoms with E-state index in [0.717, 1.165) is 11.3 Å². The van der Waals surface area contributed by atoms with Gasteiger partial charge in [0.15, 0.2) is 0 Å². The first-order chi connectivity index (χ1) is 14.7. The van der Waals surface area contributed by atoms with Crippen LogP contribution < -0.4 is 14.4 Å². The number of rotatable bonds is 4. The van der Waals surface area contributed by atoms with Crippen LogP contribution in [0.15, 0.2) is 65.6 Å². The van der Waals surface area contributed by atoms with Crippen LogP contribution >= 0.6 is 0 Å². The predicted octanol–water partition coefficient (Wildman–Crippen LogP) is 4.84. The number of ether oxygens (including phenoxy) is 1. The van der Waals surface area contributed by atoms with Gasteiger partial charge in [-0.2, -0.15) is 0 Å². The highest BCUT2D eigenvalue weighted by Gasteiger charge is 2.33. The molecule has 0 aliphatic carbocycles. The van der Waals surface area contributed by atoms with Gasteiger partial charge in [-0.1, -0.05) is 18.2 Å². The molecule has 0 bridgehead atoms. The van der Waals surface area contributed by atoms with Gasteiger partial charge in [0.05, 0.1) is 16.7 Å². The number of amides is 1. The Balaban J connectivity index is 1.70. The molecule has 0 unspecified atom stereocenters. The van der Waals surface area contributed by atoms with E-state index in [0.29, 0.717) is 28.1 Å². The Morgan fingerprint density at radius 1 is 1.00 bits per heavy atom. The lowest BCUT2D eigenvalue weighted by Gasteiger charge is -2.31. The molecule has 1 heterocycles. The third kappa shape index (κ3) is 3.77. The van der Waals surface area contributed by atoms with E-state index in [1.54, 1.807) is 48.5 Å². The van der Waals surface area contributed by atoms with Crippen LogP contribution in [-0.4, -0.2) is 27.5 Å². The molecule has 1 amide bonds. The van der Waals surface area contributed by atoms with Gasteiger partial charge in [0.1, 0.15) is 5.75 Å². The van der Waals surface area contributed by atoms with Crippen molar-refractivity contribution in [3.05, 3.63) is 71.8 Å². The van der Waals surface area contributed by atoms with Crippen molar-refractivity contribution in [2.45, 2.75) is 31.8 Å². The maximum Gasteiger partial charge on any atom is 0.264 e. The molecule has 3 aromatic carbocycles. The van der Waals surface area contributed by atoms with Gasteiger partial charge in [-0.15, -0.1) is 0 Å². The topological polar surface area (TPSA) is 75.7 Å². The van der Waals surface area contributed by atoms with Crippen molar-refractivity contribution in [3.8, 4) is 16.9 Å². The molecule has 0 spiro atoms. The first-order valence-electron chi connectivity index (χ1n) is 9.99. The van der Waals surface area contributed by atoms with Crippen LogP contribution in [0.1, 0.15) is 29.8 Å². The number of hydrogen-bond acceptors (Lipinski definition) is 4. The highest BCUT2D eigenvalue weighted by atomic mass is 32.2. The zero-order valence-corrected chi connectivity index (χ0v) is 18.7. The molecule has 31 heavy (non-hydrogen) atoms. The maximum absolute atomic E-state index is 13.0. The van der Waals surface area contributed by atoms with E-state index in [1.807, 2.05) is 32.9 Å². The van der Waals surface area contributed by atoms with E-state index in [2.05, 4.69) is 5.32 Å². The molecule has 1 N–H and O–H groups in total. The van der Waals surface area contributed by atoms with Gasteiger partial charge in [0, 0.05) is 29.4 Å². The molecule has 0 aromatic heterocycles. The van der Waals surface area contributed by atoms with Crippen molar-refractivity contribution < 1.29 is 17.9 Å². The SMILES string of the molecule is Cc1cc(C(=O)Nc2ccc(OC(C)C)cc2)cc2c1N(C)S(=O)(=O)c1ccccc1-2. The lowest BCUT2D eigenvalue weighted by atomic mass is 9.96. The van der Waals surface area contributed by atoms with Crippen LogP contribution in [0.4, 0.5) is 11.4 Å². The molecule has 0 saturated heterocycles. The zero-order valence-electron chi connectivity index (χ0n) is 17.8. The van der Waals surface area contributed by atoms with Crippen molar-refractivity contribution >= 4 is 27.3 Å². The fourth-order valence-corrected chi connectivity index (χ4v) is 5.29. The smallest absolute Gasteiger partial charge is 0.264 e. The van der Waals surface area contributed by atoms with Crippen molar-refractivity contribution in [1.82, 2.24) is 0 Å². The molecule has 0 saturated carbocycles. The number of fused-ring (bicyclic) bond motifs is 3. The molecule has 1 aliphatic rings. The zero-order chi connectivity index (χ0) is 22.3. The van der Waals surface area contributed by atoms with Gasteiger partial charge in [0.2, 0.25) is 0 Å². The molecule has 160 valence electrons. The minimum absolute atomic E-state index is 0.0729. The quantitative estimate of drug-likeness (QED) is 0.635. The number of benzene rings is 3. The molecule has 1 aliphatic heterocycles. The van der Waals surface area contributed by atoms with Gasteiger partial charge in [0.25, 0.3) is 15.9 Å². The van der Waals surface area contributed by atoms with E-state index in [1.165, 1.54) is 11.4 Å². The highest BCUT2D eigenvalue weighted by Crippen LogP contribution is 2.44. The number of carbonyl (C=O) groups excluding carboxylic acids is 1. The first-order valence-corrected chi connectivity index (χ1v) is 11.4. The molecule has 0 atom stereocenters. The minimum Gasteiger partial charge on any atom is -0.491 e. The van der Waals surface area contributed by atoms with Gasteiger partial charge in [-0.25, -0.2) is 8.42 Å². The summed E-state index contributed by atoms with van der Waals surface area (Å²) in [5.74, 6) is 0.468. The van der Waals surface area contributed by atoms with E-state index in [4.69, 9.17) is 4.74 Å². The fraction of sp³-hybridized carbons (Fsp3) is 0.208. The highest BCUT2D eigenvalue weighted by molar-refractivity contribution is 7.93. The second-order valence-corrected chi connectivity index (χ2v) is 9.74. The minimum atomic E-state index is -3.63. The third-order valence-corrected chi connectivity index (χ3v) is 6.99. The average molecular weight is 437 g/mol. The first kappa shape index (κ1) is 20.9. The Hall–Kier alpha value is -3.32. The summed E-state index contributed by atoms with van der Waals surface area (Å²) in [4.78, 5) is 13.2. The summed E-state index contributed by atoms with van der Waals surface area (Å²) >= 11 is 0. The van der Waals surface area contributed by atoms with Crippen molar-refractivity contribution in [3.63, 3.8) is 0 Å². The molecule has 4 rings (SSSR count). The monoisotopic (exact) mass is 436 g/mol. The van der Waals surface area contributed by atoms with Gasteiger partial charge in [-0.3, -0.25) is 9.10 Å². The van der Waals surface area contributed by atoms with E-state index in [-0.39, 0.29) is 16.9 Å². The Labute approximate surface area is 182 Å². The third-order valence-electron chi connectivity index (χ3n) is 5.18. The number of sulfonamides is 1. The summed E-state index contributed by atoms with van der Waals surface area (Å²) in [6.07, 6.45) is 0.0729. The van der Waals surface area contributed by atoms with Crippen LogP contribution in [0, 0.1) is 6.92 Å². The van der Waals surface area contributed by atoms with Gasteiger partial charge < -0.3 is 10.1 Å². The molecule has 7 heteroatoms. The van der Waals surface area contributed by atoms with Crippen LogP contribution in [0.2, 0.25) is 0 Å². The van der Waals surface area contributed by atoms with E-state index < -0.39 is 10.0 Å². The molecular weight excluding hydrogens is 412 g/mol. The summed E-state index contributed by atoms with van der Waals surface area (Å²) in [7, 11) is -2.09. The molecule has 0 radical (unpaired) electrons. The summed E-state index contributed by atoms with van der Waals surface area (Å²) in [6.45, 7) is 5.72. The number of aryl methyl sites for hydroxylation is 1. The summed E-state index contributed by atoms with van der Waals surface area (Å²) in [5, 5.41) is 2.90. The predicted molar refractivity (Wildman–Crippen MR) is 122 cm³/mol. The Morgan fingerprint density at radius 3 is 2.35 bits per heavy atom. The van der Waals surface area contributed by atoms with Crippen molar-refractivity contribution in [1.29, 1.82) is 0 Å². The standard InChI is InChI=1S/C24H24N2O4S/c1-15(2)30-19-11-9-18(10-12-19)25-24(27)17-13-16(3)23-21(14-17)20-7-5-6-8-22(20)31(28,29)26(23)4/h5-15H,1-4H3,(H,25,27). The number of anilines is 2. The molecule has 6 nitrogen and oxygen atoms in total. The second kappa shape index (κ2) is 7.74. The summed E-state index contributed by atoms with van der Waals surface area (Å²) < 4.78 is 32.7. The number of carbonyl (C=O) groups is 1. The Kier molecular flexibility index (Phi) is 5.23. The van der Waals surface area contributed by atoms with Gasteiger partial charge in [-0.05, 0) is 68.8 Å². The maximum atomic E-state index is 13.0. The summed E-state index contributed by atoms with van der Waals surface area (Å²) in [5.41, 5.74) is 3.73.